The predicted octanol–water partition coefficient (Wildman–Crippen LogP) is 5.37. The van der Waals surface area contributed by atoms with Crippen LogP contribution in [-0.2, 0) is 17.9 Å². The van der Waals surface area contributed by atoms with Gasteiger partial charge in [0.2, 0.25) is 5.91 Å². The van der Waals surface area contributed by atoms with Crippen molar-refractivity contribution >= 4 is 56.6 Å². The lowest BCUT2D eigenvalue weighted by Crippen LogP contribution is -2.20. The molecule has 0 saturated heterocycles. The average molecular weight is 550 g/mol. The number of nitrogens with zero attached hydrogens (tertiary/aromatic N) is 2. The summed E-state index contributed by atoms with van der Waals surface area (Å²) in [6.45, 7) is 0.742. The van der Waals surface area contributed by atoms with E-state index in [4.69, 9.17) is 11.5 Å². The van der Waals surface area contributed by atoms with E-state index in [0.29, 0.717) is 30.3 Å². The Morgan fingerprint density at radius 2 is 1.77 bits per heavy atom. The number of hydrogen-bond donors (Lipinski definition) is 5. The van der Waals surface area contributed by atoms with Crippen LogP contribution in [0.15, 0.2) is 90.6 Å². The highest BCUT2D eigenvalue weighted by Gasteiger charge is 2.14. The maximum Gasteiger partial charge on any atom is 0.323 e. The molecule has 10 heteroatoms. The topological polar surface area (TPSA) is 148 Å². The monoisotopic (exact) mass is 549 g/mol. The Kier molecular flexibility index (Phi) is 8.10. The van der Waals surface area contributed by atoms with Crippen LogP contribution in [-0.4, -0.2) is 21.9 Å². The van der Waals surface area contributed by atoms with Gasteiger partial charge in [0.15, 0.2) is 0 Å². The lowest BCUT2D eigenvalue weighted by molar-refractivity contribution is -0.116. The molecular formula is C30H27N7O2S. The maximum absolute atomic E-state index is 12.5. The van der Waals surface area contributed by atoms with Gasteiger partial charge in [-0.3, -0.25) is 9.78 Å². The second kappa shape index (κ2) is 12.2. The van der Waals surface area contributed by atoms with E-state index in [2.05, 4.69) is 25.9 Å². The number of nitrogens with two attached hydrogens (primary N) is 2. The molecule has 2 aromatic carbocycles. The zero-order valence-corrected chi connectivity index (χ0v) is 22.2. The molecule has 3 aromatic heterocycles. The molecule has 0 unspecified atom stereocenters. The number of hydrogen-bond acceptors (Lipinski definition) is 7. The highest BCUT2D eigenvalue weighted by atomic mass is 32.1. The molecule has 0 aliphatic rings. The Bertz CT molecular complexity index is 1680. The molecule has 7 N–H and O–H groups in total. The van der Waals surface area contributed by atoms with Gasteiger partial charge in [-0.15, -0.1) is 11.3 Å². The predicted molar refractivity (Wildman–Crippen MR) is 162 cm³/mol. The summed E-state index contributed by atoms with van der Waals surface area (Å²) in [5.74, 6) is 0.177. The third-order valence-corrected chi connectivity index (χ3v) is 7.14. The van der Waals surface area contributed by atoms with Crippen LogP contribution in [0.5, 0.6) is 0 Å². The van der Waals surface area contributed by atoms with Crippen molar-refractivity contribution in [1.82, 2.24) is 15.3 Å². The number of amides is 3. The Morgan fingerprint density at radius 3 is 2.55 bits per heavy atom. The van der Waals surface area contributed by atoms with Crippen molar-refractivity contribution in [2.45, 2.75) is 13.1 Å². The third kappa shape index (κ3) is 6.32. The van der Waals surface area contributed by atoms with Crippen molar-refractivity contribution in [1.29, 1.82) is 0 Å². The highest BCUT2D eigenvalue weighted by Crippen LogP contribution is 2.39. The molecule has 3 amide bonds. The highest BCUT2D eigenvalue weighted by molar-refractivity contribution is 7.18. The van der Waals surface area contributed by atoms with Gasteiger partial charge in [0.05, 0.1) is 12.2 Å². The molecule has 0 spiro atoms. The molecule has 40 heavy (non-hydrogen) atoms. The third-order valence-electron chi connectivity index (χ3n) is 6.11. The van der Waals surface area contributed by atoms with E-state index in [1.165, 1.54) is 17.4 Å². The number of nitrogens with one attached hydrogen (secondary N) is 3. The van der Waals surface area contributed by atoms with Gasteiger partial charge in [0, 0.05) is 57.6 Å². The number of carbonyl (C=O) groups is 2. The van der Waals surface area contributed by atoms with E-state index in [-0.39, 0.29) is 11.9 Å². The molecule has 3 heterocycles. The largest absolute Gasteiger partial charge is 0.383 e. The SMILES string of the molecule is NCc1cccc(NC(=O)Nc2ccc(-c3csc4c(C=CC(=O)NCc5ccccn5)cnc(N)c34)cc2)c1. The van der Waals surface area contributed by atoms with Gasteiger partial charge in [0.1, 0.15) is 5.82 Å². The summed E-state index contributed by atoms with van der Waals surface area (Å²) in [7, 11) is 0. The number of urea groups is 1. The van der Waals surface area contributed by atoms with Crippen molar-refractivity contribution in [3.63, 3.8) is 0 Å². The number of fused-ring (bicyclic) bond motifs is 1. The zero-order chi connectivity index (χ0) is 27.9. The van der Waals surface area contributed by atoms with E-state index in [9.17, 15) is 9.59 Å². The number of benzene rings is 2. The molecular weight excluding hydrogens is 522 g/mol. The normalized spacial score (nSPS) is 11.0. The number of rotatable bonds is 8. The lowest BCUT2D eigenvalue weighted by Gasteiger charge is -2.09. The van der Waals surface area contributed by atoms with Crippen molar-refractivity contribution in [3.8, 4) is 11.1 Å². The quantitative estimate of drug-likeness (QED) is 0.164. The van der Waals surface area contributed by atoms with Crippen LogP contribution >= 0.6 is 11.3 Å². The standard InChI is InChI=1S/C30H27N7O2S/c31-15-19-4-3-6-23(14-19)37-30(39)36-22-10-7-20(8-11-22)25-18-40-28-21(16-35-29(32)27(25)28)9-12-26(38)34-17-24-5-1-2-13-33-24/h1-14,16,18H,15,17,31H2,(H2,32,35)(H,34,38)(H2,36,37,39). The molecule has 5 rings (SSSR count). The van der Waals surface area contributed by atoms with Gasteiger partial charge < -0.3 is 27.4 Å². The van der Waals surface area contributed by atoms with Crippen LogP contribution in [0.2, 0.25) is 0 Å². The summed E-state index contributed by atoms with van der Waals surface area (Å²) in [5.41, 5.74) is 17.6. The molecule has 0 radical (unpaired) electrons. The maximum atomic E-state index is 12.5. The fourth-order valence-corrected chi connectivity index (χ4v) is 5.20. The van der Waals surface area contributed by atoms with Crippen LogP contribution in [0, 0.1) is 0 Å². The van der Waals surface area contributed by atoms with E-state index in [0.717, 1.165) is 38.0 Å². The number of nitrogen functional groups attached to an aromatic ring is 1. The summed E-state index contributed by atoms with van der Waals surface area (Å²) < 4.78 is 0.928. The summed E-state index contributed by atoms with van der Waals surface area (Å²) in [6, 6.07) is 20.1. The minimum Gasteiger partial charge on any atom is -0.383 e. The fourth-order valence-electron chi connectivity index (χ4n) is 4.13. The molecule has 0 fully saturated rings. The molecule has 0 saturated carbocycles. The number of pyridine rings is 2. The van der Waals surface area contributed by atoms with Gasteiger partial charge >= 0.3 is 6.03 Å². The number of thiophene rings is 1. The van der Waals surface area contributed by atoms with Gasteiger partial charge in [-0.1, -0.05) is 30.3 Å². The minimum absolute atomic E-state index is 0.230. The van der Waals surface area contributed by atoms with Crippen LogP contribution in [0.1, 0.15) is 16.8 Å². The van der Waals surface area contributed by atoms with Crippen LogP contribution in [0.25, 0.3) is 27.3 Å². The summed E-state index contributed by atoms with van der Waals surface area (Å²) in [5, 5.41) is 11.3. The first-order valence-electron chi connectivity index (χ1n) is 12.5. The Labute approximate surface area is 235 Å². The molecule has 0 atom stereocenters. The second-order valence-corrected chi connectivity index (χ2v) is 9.77. The number of carbonyl (C=O) groups excluding carboxylic acids is 2. The van der Waals surface area contributed by atoms with Crippen molar-refractivity contribution < 1.29 is 9.59 Å². The Hall–Kier alpha value is -5.06. The molecule has 5 aromatic rings. The van der Waals surface area contributed by atoms with Crippen LogP contribution < -0.4 is 27.4 Å². The number of aromatic nitrogens is 2. The summed E-state index contributed by atoms with van der Waals surface area (Å²) >= 11 is 1.53. The molecule has 0 aliphatic heterocycles. The molecule has 9 nitrogen and oxygen atoms in total. The minimum atomic E-state index is -0.350. The Morgan fingerprint density at radius 1 is 0.950 bits per heavy atom. The van der Waals surface area contributed by atoms with Crippen LogP contribution in [0.3, 0.4) is 0 Å². The van der Waals surface area contributed by atoms with Gasteiger partial charge in [-0.25, -0.2) is 9.78 Å². The summed E-state index contributed by atoms with van der Waals surface area (Å²) in [4.78, 5) is 33.4. The van der Waals surface area contributed by atoms with Crippen molar-refractivity contribution in [2.24, 2.45) is 5.73 Å². The van der Waals surface area contributed by atoms with E-state index < -0.39 is 0 Å². The first-order chi connectivity index (χ1) is 19.5. The molecule has 0 aliphatic carbocycles. The Balaban J connectivity index is 1.28. The van der Waals surface area contributed by atoms with Gasteiger partial charge in [0.25, 0.3) is 0 Å². The van der Waals surface area contributed by atoms with E-state index in [1.807, 2.05) is 66.0 Å². The molecule has 0 bridgehead atoms. The van der Waals surface area contributed by atoms with Gasteiger partial charge in [-0.05, 0) is 59.0 Å². The number of anilines is 3. The first kappa shape index (κ1) is 26.5. The fraction of sp³-hybridized carbons (Fsp3) is 0.0667. The zero-order valence-electron chi connectivity index (χ0n) is 21.4. The first-order valence-corrected chi connectivity index (χ1v) is 13.4. The second-order valence-electron chi connectivity index (χ2n) is 8.89. The van der Waals surface area contributed by atoms with Crippen molar-refractivity contribution in [2.75, 3.05) is 16.4 Å². The smallest absolute Gasteiger partial charge is 0.323 e. The average Bonchev–Trinajstić information content (AvgIpc) is 3.43. The van der Waals surface area contributed by atoms with Crippen molar-refractivity contribution in [3.05, 3.63) is 107 Å². The lowest BCUT2D eigenvalue weighted by atomic mass is 10.0. The molecule has 200 valence electrons. The van der Waals surface area contributed by atoms with Crippen LogP contribution in [0.4, 0.5) is 22.0 Å². The van der Waals surface area contributed by atoms with E-state index in [1.54, 1.807) is 24.5 Å². The van der Waals surface area contributed by atoms with E-state index >= 15 is 0 Å². The van der Waals surface area contributed by atoms with Gasteiger partial charge in [-0.2, -0.15) is 0 Å². The summed E-state index contributed by atoms with van der Waals surface area (Å²) in [6.07, 6.45) is 6.56.